The van der Waals surface area contributed by atoms with E-state index in [-0.39, 0.29) is 17.7 Å². The summed E-state index contributed by atoms with van der Waals surface area (Å²) in [5.74, 6) is -0.981. The molecule has 19 heavy (non-hydrogen) atoms. The van der Waals surface area contributed by atoms with Crippen LogP contribution in [0, 0.1) is 19.3 Å². The van der Waals surface area contributed by atoms with Crippen molar-refractivity contribution in [1.29, 1.82) is 0 Å². The lowest BCUT2D eigenvalue weighted by Crippen LogP contribution is -2.43. The molecule has 3 N–H and O–H groups in total. The molecule has 0 unspecified atom stereocenters. The fraction of sp³-hybridized carbons (Fsp3) is 0.615. The van der Waals surface area contributed by atoms with Crippen molar-refractivity contribution in [2.45, 2.75) is 39.5 Å². The summed E-state index contributed by atoms with van der Waals surface area (Å²) in [5, 5.41) is 18.5. The quantitative estimate of drug-likeness (QED) is 0.750. The number of nitrogens with one attached hydrogen (secondary N) is 2. The molecule has 1 aromatic heterocycles. The second-order valence-corrected chi connectivity index (χ2v) is 5.42. The first-order valence-corrected chi connectivity index (χ1v) is 6.45. The van der Waals surface area contributed by atoms with E-state index in [0.717, 1.165) is 25.0 Å². The van der Waals surface area contributed by atoms with Crippen molar-refractivity contribution in [3.63, 3.8) is 0 Å². The number of nitrogens with zero attached hydrogens (tertiary/aromatic N) is 1. The number of carbonyl (C=O) groups is 2. The van der Waals surface area contributed by atoms with E-state index in [2.05, 4.69) is 15.5 Å². The number of aromatic nitrogens is 2. The number of aliphatic carboxylic acids is 1. The number of aryl methyl sites for hydroxylation is 2. The van der Waals surface area contributed by atoms with Gasteiger partial charge in [0, 0.05) is 12.2 Å². The molecule has 1 heterocycles. The number of carboxylic acids is 1. The van der Waals surface area contributed by atoms with Crippen molar-refractivity contribution in [2.75, 3.05) is 6.54 Å². The van der Waals surface area contributed by atoms with Crippen LogP contribution < -0.4 is 5.32 Å². The zero-order valence-electron chi connectivity index (χ0n) is 11.2. The minimum absolute atomic E-state index is 0.122. The highest BCUT2D eigenvalue weighted by Gasteiger charge is 2.39. The van der Waals surface area contributed by atoms with Crippen LogP contribution in [0.2, 0.25) is 0 Å². The van der Waals surface area contributed by atoms with Gasteiger partial charge in [0.2, 0.25) is 0 Å². The number of H-pyrrole nitrogens is 1. The third-order valence-electron chi connectivity index (χ3n) is 3.92. The minimum atomic E-state index is -0.801. The topological polar surface area (TPSA) is 95.1 Å². The second-order valence-electron chi connectivity index (χ2n) is 5.42. The molecule has 1 amide bonds. The Balaban J connectivity index is 1.98. The number of aromatic amines is 1. The smallest absolute Gasteiger partial charge is 0.303 e. The van der Waals surface area contributed by atoms with E-state index in [1.807, 2.05) is 0 Å². The molecule has 0 aliphatic heterocycles. The molecule has 0 saturated heterocycles. The van der Waals surface area contributed by atoms with E-state index >= 15 is 0 Å². The Morgan fingerprint density at radius 2 is 2.11 bits per heavy atom. The predicted molar refractivity (Wildman–Crippen MR) is 68.9 cm³/mol. The van der Waals surface area contributed by atoms with Crippen molar-refractivity contribution >= 4 is 11.9 Å². The summed E-state index contributed by atoms with van der Waals surface area (Å²) in [6, 6.07) is 0. The molecule has 0 spiro atoms. The molecule has 6 heteroatoms. The molecule has 2 rings (SSSR count). The highest BCUT2D eigenvalue weighted by molar-refractivity contribution is 5.96. The van der Waals surface area contributed by atoms with Crippen LogP contribution in [-0.2, 0) is 4.79 Å². The molecule has 1 aliphatic carbocycles. The highest BCUT2D eigenvalue weighted by Crippen LogP contribution is 2.43. The van der Waals surface area contributed by atoms with Crippen LogP contribution in [0.15, 0.2) is 0 Å². The number of amides is 1. The van der Waals surface area contributed by atoms with Gasteiger partial charge >= 0.3 is 5.97 Å². The first-order valence-electron chi connectivity index (χ1n) is 6.45. The summed E-state index contributed by atoms with van der Waals surface area (Å²) in [5.41, 5.74) is 1.70. The van der Waals surface area contributed by atoms with E-state index in [1.165, 1.54) is 0 Å². The van der Waals surface area contributed by atoms with E-state index < -0.39 is 5.97 Å². The first kappa shape index (κ1) is 13.6. The Kier molecular flexibility index (Phi) is 3.59. The Bertz CT molecular complexity index is 484. The molecule has 104 valence electrons. The number of carboxylic acid groups (broad SMARTS) is 1. The van der Waals surface area contributed by atoms with Crippen LogP contribution in [0.3, 0.4) is 0 Å². The van der Waals surface area contributed by atoms with E-state index in [4.69, 9.17) is 5.11 Å². The molecule has 1 saturated carbocycles. The summed E-state index contributed by atoms with van der Waals surface area (Å²) in [6.45, 7) is 3.99. The zero-order valence-corrected chi connectivity index (χ0v) is 11.2. The lowest BCUT2D eigenvalue weighted by Gasteiger charge is -2.40. The Labute approximate surface area is 111 Å². The third-order valence-corrected chi connectivity index (χ3v) is 3.92. The summed E-state index contributed by atoms with van der Waals surface area (Å²) < 4.78 is 0. The molecule has 1 aliphatic rings. The SMILES string of the molecule is Cc1n[nH]c(C)c1C(=O)NCC1(CC(=O)O)CCC1. The van der Waals surface area contributed by atoms with Gasteiger partial charge in [-0.3, -0.25) is 14.7 Å². The van der Waals surface area contributed by atoms with E-state index in [9.17, 15) is 9.59 Å². The van der Waals surface area contributed by atoms with Crippen LogP contribution in [0.25, 0.3) is 0 Å². The van der Waals surface area contributed by atoms with Gasteiger partial charge < -0.3 is 10.4 Å². The van der Waals surface area contributed by atoms with Crippen LogP contribution in [0.1, 0.15) is 47.4 Å². The highest BCUT2D eigenvalue weighted by atomic mass is 16.4. The maximum atomic E-state index is 12.1. The lowest BCUT2D eigenvalue weighted by molar-refractivity contribution is -0.141. The maximum absolute atomic E-state index is 12.1. The van der Waals surface area contributed by atoms with Crippen molar-refractivity contribution in [3.8, 4) is 0 Å². The summed E-state index contributed by atoms with van der Waals surface area (Å²) >= 11 is 0. The van der Waals surface area contributed by atoms with E-state index in [0.29, 0.717) is 17.8 Å². The first-order chi connectivity index (χ1) is 8.93. The van der Waals surface area contributed by atoms with Crippen LogP contribution in [-0.4, -0.2) is 33.7 Å². The predicted octanol–water partition coefficient (Wildman–Crippen LogP) is 1.40. The molecular formula is C13H19N3O3. The number of hydrogen-bond donors (Lipinski definition) is 3. The van der Waals surface area contributed by atoms with Crippen LogP contribution in [0.4, 0.5) is 0 Å². The van der Waals surface area contributed by atoms with Crippen LogP contribution in [0.5, 0.6) is 0 Å². The average Bonchev–Trinajstić information content (AvgIpc) is 2.61. The van der Waals surface area contributed by atoms with Gasteiger partial charge in [-0.2, -0.15) is 5.10 Å². The largest absolute Gasteiger partial charge is 0.481 e. The van der Waals surface area contributed by atoms with Gasteiger partial charge in [-0.25, -0.2) is 0 Å². The van der Waals surface area contributed by atoms with Gasteiger partial charge in [-0.15, -0.1) is 0 Å². The van der Waals surface area contributed by atoms with Gasteiger partial charge in [0.15, 0.2) is 0 Å². The van der Waals surface area contributed by atoms with Crippen molar-refractivity contribution in [3.05, 3.63) is 17.0 Å². The third kappa shape index (κ3) is 2.77. The molecule has 0 bridgehead atoms. The molecule has 6 nitrogen and oxygen atoms in total. The van der Waals surface area contributed by atoms with Gasteiger partial charge in [0.25, 0.3) is 5.91 Å². The van der Waals surface area contributed by atoms with Gasteiger partial charge in [-0.05, 0) is 32.1 Å². The lowest BCUT2D eigenvalue weighted by atomic mass is 9.66. The normalized spacial score (nSPS) is 16.7. The monoisotopic (exact) mass is 265 g/mol. The van der Waals surface area contributed by atoms with Gasteiger partial charge in [-0.1, -0.05) is 6.42 Å². The Morgan fingerprint density at radius 3 is 2.53 bits per heavy atom. The molecule has 0 radical (unpaired) electrons. The van der Waals surface area contributed by atoms with Crippen LogP contribution >= 0.6 is 0 Å². The fourth-order valence-electron chi connectivity index (χ4n) is 2.66. The minimum Gasteiger partial charge on any atom is -0.481 e. The number of rotatable bonds is 5. The maximum Gasteiger partial charge on any atom is 0.303 e. The summed E-state index contributed by atoms with van der Waals surface area (Å²) in [6.07, 6.45) is 2.88. The Hall–Kier alpha value is -1.85. The van der Waals surface area contributed by atoms with Gasteiger partial charge in [0.1, 0.15) is 0 Å². The summed E-state index contributed by atoms with van der Waals surface area (Å²) in [7, 11) is 0. The van der Waals surface area contributed by atoms with Crippen molar-refractivity contribution in [2.24, 2.45) is 5.41 Å². The van der Waals surface area contributed by atoms with E-state index in [1.54, 1.807) is 13.8 Å². The number of hydrogen-bond acceptors (Lipinski definition) is 3. The zero-order chi connectivity index (χ0) is 14.0. The average molecular weight is 265 g/mol. The molecular weight excluding hydrogens is 246 g/mol. The Morgan fingerprint density at radius 1 is 1.42 bits per heavy atom. The summed E-state index contributed by atoms with van der Waals surface area (Å²) in [4.78, 5) is 23.0. The molecule has 1 fully saturated rings. The molecule has 0 aromatic carbocycles. The standard InChI is InChI=1S/C13H19N3O3/c1-8-11(9(2)16-15-8)12(19)14-7-13(4-3-5-13)6-10(17)18/h3-7H2,1-2H3,(H,14,19)(H,15,16)(H,17,18). The van der Waals surface area contributed by atoms with Gasteiger partial charge in [0.05, 0.1) is 17.7 Å². The number of carbonyl (C=O) groups excluding carboxylic acids is 1. The second kappa shape index (κ2) is 5.03. The van der Waals surface area contributed by atoms with Crippen molar-refractivity contribution in [1.82, 2.24) is 15.5 Å². The fourth-order valence-corrected chi connectivity index (χ4v) is 2.66. The molecule has 1 aromatic rings. The van der Waals surface area contributed by atoms with Crippen molar-refractivity contribution < 1.29 is 14.7 Å². The molecule has 0 atom stereocenters.